The quantitative estimate of drug-likeness (QED) is 0.820. The highest BCUT2D eigenvalue weighted by atomic mass is 32.2. The number of primary sulfonamides is 1. The lowest BCUT2D eigenvalue weighted by Crippen LogP contribution is -2.33. The molecule has 11 heteroatoms. The zero-order chi connectivity index (χ0) is 15.1. The molecule has 7 nitrogen and oxygen atoms in total. The maximum absolute atomic E-state index is 12.5. The Morgan fingerprint density at radius 3 is 2.55 bits per heavy atom. The maximum Gasteiger partial charge on any atom is 0.433 e. The van der Waals surface area contributed by atoms with Gasteiger partial charge in [-0.05, 0) is 6.07 Å². The van der Waals surface area contributed by atoms with E-state index in [2.05, 4.69) is 9.97 Å². The zero-order valence-electron chi connectivity index (χ0n) is 9.83. The summed E-state index contributed by atoms with van der Waals surface area (Å²) in [6.45, 7) is -0.362. The lowest BCUT2D eigenvalue weighted by molar-refractivity contribution is -0.141. The largest absolute Gasteiger partial charge is 0.433 e. The minimum absolute atomic E-state index is 0.362. The second-order valence-corrected chi connectivity index (χ2v) is 6.00. The van der Waals surface area contributed by atoms with Crippen LogP contribution in [-0.4, -0.2) is 36.1 Å². The van der Waals surface area contributed by atoms with Crippen LogP contribution < -0.4 is 10.0 Å². The van der Waals surface area contributed by atoms with Gasteiger partial charge in [-0.1, -0.05) is 0 Å². The van der Waals surface area contributed by atoms with Crippen molar-refractivity contribution in [2.45, 2.75) is 17.8 Å². The van der Waals surface area contributed by atoms with Crippen LogP contribution in [0.25, 0.3) is 0 Å². The van der Waals surface area contributed by atoms with Crippen LogP contribution in [0.5, 0.6) is 0 Å². The number of nitrogens with two attached hydrogens (primary N) is 1. The molecule has 1 fully saturated rings. The van der Waals surface area contributed by atoms with E-state index in [1.807, 2.05) is 0 Å². The van der Waals surface area contributed by atoms with Crippen molar-refractivity contribution in [3.05, 3.63) is 18.0 Å². The predicted molar refractivity (Wildman–Crippen MR) is 60.9 cm³/mol. The van der Waals surface area contributed by atoms with Gasteiger partial charge in [0.05, 0.1) is 0 Å². The second-order valence-electron chi connectivity index (χ2n) is 4.16. The average molecular weight is 310 g/mol. The molecule has 0 saturated carbocycles. The Morgan fingerprint density at radius 1 is 1.40 bits per heavy atom. The molecular weight excluding hydrogens is 301 g/mol. The van der Waals surface area contributed by atoms with Crippen molar-refractivity contribution < 1.29 is 26.4 Å². The molecule has 0 aliphatic carbocycles. The Kier molecular flexibility index (Phi) is 3.42. The number of anilines is 1. The van der Waals surface area contributed by atoms with E-state index >= 15 is 0 Å². The molecule has 1 aliphatic heterocycles. The summed E-state index contributed by atoms with van der Waals surface area (Å²) in [6.07, 6.45) is -4.24. The van der Waals surface area contributed by atoms with Crippen LogP contribution in [0, 0.1) is 0 Å². The number of alkyl halides is 3. The van der Waals surface area contributed by atoms with Crippen molar-refractivity contribution in [1.82, 2.24) is 9.97 Å². The van der Waals surface area contributed by atoms with Gasteiger partial charge in [-0.3, -0.25) is 9.69 Å². The SMILES string of the molecule is NS(=O)(=O)C1CC(=O)N(c2nccc(C(F)(F)F)n2)C1. The molecule has 1 amide bonds. The van der Waals surface area contributed by atoms with Crippen LogP contribution in [0.3, 0.4) is 0 Å². The van der Waals surface area contributed by atoms with Gasteiger partial charge in [-0.2, -0.15) is 13.2 Å². The van der Waals surface area contributed by atoms with Gasteiger partial charge in [0, 0.05) is 19.2 Å². The zero-order valence-corrected chi connectivity index (χ0v) is 10.6. The van der Waals surface area contributed by atoms with E-state index in [9.17, 15) is 26.4 Å². The fourth-order valence-electron chi connectivity index (χ4n) is 1.72. The second kappa shape index (κ2) is 4.66. The summed E-state index contributed by atoms with van der Waals surface area (Å²) in [4.78, 5) is 19.2. The molecule has 1 aromatic heterocycles. The number of sulfonamides is 1. The van der Waals surface area contributed by atoms with Gasteiger partial charge < -0.3 is 0 Å². The molecule has 2 N–H and O–H groups in total. The van der Waals surface area contributed by atoms with Crippen molar-refractivity contribution in [2.24, 2.45) is 5.14 Å². The van der Waals surface area contributed by atoms with E-state index in [4.69, 9.17) is 5.14 Å². The minimum Gasteiger partial charge on any atom is -0.279 e. The van der Waals surface area contributed by atoms with Crippen molar-refractivity contribution in [1.29, 1.82) is 0 Å². The summed E-state index contributed by atoms with van der Waals surface area (Å²) in [5.41, 5.74) is -1.21. The minimum atomic E-state index is -4.68. The van der Waals surface area contributed by atoms with E-state index in [-0.39, 0.29) is 6.54 Å². The number of nitrogens with zero attached hydrogens (tertiary/aromatic N) is 3. The Morgan fingerprint density at radius 2 is 2.05 bits per heavy atom. The molecule has 0 aromatic carbocycles. The first-order valence-electron chi connectivity index (χ1n) is 5.31. The molecule has 2 rings (SSSR count). The third kappa shape index (κ3) is 2.88. The first-order chi connectivity index (χ1) is 9.09. The molecule has 1 unspecified atom stereocenters. The third-order valence-electron chi connectivity index (χ3n) is 2.73. The van der Waals surface area contributed by atoms with Crippen molar-refractivity contribution >= 4 is 21.9 Å². The number of halogens is 3. The molecule has 0 bridgehead atoms. The molecule has 2 heterocycles. The Labute approximate surface area is 111 Å². The highest BCUT2D eigenvalue weighted by Crippen LogP contribution is 2.29. The van der Waals surface area contributed by atoms with Crippen LogP contribution >= 0.6 is 0 Å². The van der Waals surface area contributed by atoms with Crippen molar-refractivity contribution in [3.8, 4) is 0 Å². The van der Waals surface area contributed by atoms with Crippen LogP contribution in [0.1, 0.15) is 12.1 Å². The molecular formula is C9H9F3N4O3S. The summed E-state index contributed by atoms with van der Waals surface area (Å²) in [5, 5.41) is 3.74. The predicted octanol–water partition coefficient (Wildman–Crippen LogP) is -0.111. The molecule has 0 radical (unpaired) electrons. The van der Waals surface area contributed by atoms with Crippen LogP contribution in [0.4, 0.5) is 19.1 Å². The summed E-state index contributed by atoms with van der Waals surface area (Å²) in [6, 6.07) is 0.654. The summed E-state index contributed by atoms with van der Waals surface area (Å²) in [7, 11) is -3.96. The van der Waals surface area contributed by atoms with E-state index in [1.54, 1.807) is 0 Å². The summed E-state index contributed by atoms with van der Waals surface area (Å²) in [5.74, 6) is -1.18. The molecule has 1 saturated heterocycles. The number of hydrogen-bond acceptors (Lipinski definition) is 5. The van der Waals surface area contributed by atoms with E-state index in [0.29, 0.717) is 6.07 Å². The number of rotatable bonds is 2. The van der Waals surface area contributed by atoms with Gasteiger partial charge >= 0.3 is 6.18 Å². The van der Waals surface area contributed by atoms with E-state index in [1.165, 1.54) is 0 Å². The third-order valence-corrected chi connectivity index (χ3v) is 3.97. The lowest BCUT2D eigenvalue weighted by atomic mass is 10.4. The van der Waals surface area contributed by atoms with Gasteiger partial charge in [-0.25, -0.2) is 23.5 Å². The molecule has 1 aliphatic rings. The standard InChI is InChI=1S/C9H9F3N4O3S/c10-9(11,12)6-1-2-14-8(15-6)16-4-5(3-7(16)17)20(13,18)19/h1-2,5H,3-4H2,(H2,13,18,19). The number of hydrogen-bond donors (Lipinski definition) is 1. The van der Waals surface area contributed by atoms with E-state index in [0.717, 1.165) is 11.1 Å². The molecule has 1 aromatic rings. The number of carbonyl (C=O) groups excluding carboxylic acids is 1. The molecule has 1 atom stereocenters. The van der Waals surface area contributed by atoms with Gasteiger partial charge in [0.25, 0.3) is 0 Å². The molecule has 0 spiro atoms. The smallest absolute Gasteiger partial charge is 0.279 e. The fourth-order valence-corrected chi connectivity index (χ4v) is 2.46. The number of carbonyl (C=O) groups is 1. The normalized spacial score (nSPS) is 20.5. The Bertz CT molecular complexity index is 646. The number of amides is 1. The fraction of sp³-hybridized carbons (Fsp3) is 0.444. The Balaban J connectivity index is 2.32. The van der Waals surface area contributed by atoms with Gasteiger partial charge in [0.15, 0.2) is 0 Å². The van der Waals surface area contributed by atoms with Crippen LogP contribution in [0.2, 0.25) is 0 Å². The molecule has 20 heavy (non-hydrogen) atoms. The Hall–Kier alpha value is -1.75. The average Bonchev–Trinajstić information content (AvgIpc) is 2.70. The summed E-state index contributed by atoms with van der Waals surface area (Å²) >= 11 is 0. The highest BCUT2D eigenvalue weighted by molar-refractivity contribution is 7.89. The van der Waals surface area contributed by atoms with E-state index < -0.39 is 45.4 Å². The number of aromatic nitrogens is 2. The van der Waals surface area contributed by atoms with Crippen molar-refractivity contribution in [3.63, 3.8) is 0 Å². The van der Waals surface area contributed by atoms with Crippen LogP contribution in [-0.2, 0) is 21.0 Å². The lowest BCUT2D eigenvalue weighted by Gasteiger charge is -2.15. The topological polar surface area (TPSA) is 106 Å². The molecule has 110 valence electrons. The highest BCUT2D eigenvalue weighted by Gasteiger charge is 2.39. The maximum atomic E-state index is 12.5. The first kappa shape index (κ1) is 14.7. The first-order valence-corrected chi connectivity index (χ1v) is 6.92. The van der Waals surface area contributed by atoms with Gasteiger partial charge in [0.1, 0.15) is 10.9 Å². The monoisotopic (exact) mass is 310 g/mol. The van der Waals surface area contributed by atoms with Gasteiger partial charge in [0.2, 0.25) is 21.9 Å². The van der Waals surface area contributed by atoms with Crippen LogP contribution in [0.15, 0.2) is 12.3 Å². The van der Waals surface area contributed by atoms with Crippen molar-refractivity contribution in [2.75, 3.05) is 11.4 Å². The van der Waals surface area contributed by atoms with Gasteiger partial charge in [-0.15, -0.1) is 0 Å². The summed E-state index contributed by atoms with van der Waals surface area (Å²) < 4.78 is 59.8.